The van der Waals surface area contributed by atoms with Gasteiger partial charge in [0.15, 0.2) is 0 Å². The lowest BCUT2D eigenvalue weighted by Gasteiger charge is -2.29. The molecule has 0 spiro atoms. The molecule has 2 saturated heterocycles. The highest BCUT2D eigenvalue weighted by Crippen LogP contribution is 2.32. The number of nitrogens with one attached hydrogen (secondary N) is 1. The summed E-state index contributed by atoms with van der Waals surface area (Å²) in [5.41, 5.74) is 0.828. The summed E-state index contributed by atoms with van der Waals surface area (Å²) in [6.45, 7) is 8.08. The van der Waals surface area contributed by atoms with E-state index in [9.17, 15) is 9.90 Å². The number of benzene rings is 1. The fourth-order valence-corrected chi connectivity index (χ4v) is 3.28. The van der Waals surface area contributed by atoms with Crippen molar-refractivity contribution < 1.29 is 9.90 Å². The molecule has 142 valence electrons. The maximum absolute atomic E-state index is 10.6. The first-order valence-electron chi connectivity index (χ1n) is 9.17. The molecule has 6 heteroatoms. The predicted octanol–water partition coefficient (Wildman–Crippen LogP) is 4.51. The van der Waals surface area contributed by atoms with Gasteiger partial charge in [0, 0.05) is 19.2 Å². The van der Waals surface area contributed by atoms with Crippen LogP contribution >= 0.6 is 23.2 Å². The zero-order valence-electron chi connectivity index (χ0n) is 15.2. The number of piperidine rings is 1. The summed E-state index contributed by atoms with van der Waals surface area (Å²) in [5.74, 6) is 0.673. The van der Waals surface area contributed by atoms with Gasteiger partial charge in [-0.05, 0) is 62.7 Å². The molecule has 2 aliphatic rings. The minimum atomic E-state index is 0.196. The smallest absolute Gasteiger partial charge is 0.209 e. The molecule has 2 fully saturated rings. The number of aromatic hydroxyl groups is 1. The van der Waals surface area contributed by atoms with Crippen LogP contribution in [0.2, 0.25) is 10.0 Å². The Kier molecular flexibility index (Phi) is 10.9. The fraction of sp³-hybridized carbons (Fsp3) is 0.632. The number of phenols is 1. The van der Waals surface area contributed by atoms with Gasteiger partial charge in [0.1, 0.15) is 5.75 Å². The molecule has 0 aliphatic carbocycles. The van der Waals surface area contributed by atoms with Crippen LogP contribution in [-0.4, -0.2) is 42.6 Å². The molecule has 1 aromatic rings. The van der Waals surface area contributed by atoms with Crippen molar-refractivity contribution in [1.29, 1.82) is 0 Å². The molecule has 3 rings (SSSR count). The van der Waals surface area contributed by atoms with Gasteiger partial charge in [0.2, 0.25) is 6.41 Å². The third kappa shape index (κ3) is 7.85. The third-order valence-electron chi connectivity index (χ3n) is 4.39. The Bertz CT molecular complexity index is 507. The van der Waals surface area contributed by atoms with Crippen molar-refractivity contribution in [2.24, 2.45) is 5.92 Å². The highest BCUT2D eigenvalue weighted by Gasteiger charge is 2.20. The molecule has 1 aromatic carbocycles. The lowest BCUT2D eigenvalue weighted by atomic mass is 9.90. The third-order valence-corrected chi connectivity index (χ3v) is 5.11. The maximum atomic E-state index is 10.6. The van der Waals surface area contributed by atoms with Crippen molar-refractivity contribution in [3.63, 3.8) is 0 Å². The number of hydrogen-bond donors (Lipinski definition) is 2. The number of carbonyl (C=O) groups is 1. The van der Waals surface area contributed by atoms with Gasteiger partial charge in [-0.15, -0.1) is 0 Å². The molecule has 1 amide bonds. The average Bonchev–Trinajstić information content (AvgIpc) is 3.22. The molecular formula is C19H30Cl2N2O2. The summed E-state index contributed by atoms with van der Waals surface area (Å²) in [6.07, 6.45) is 6.36. The summed E-state index contributed by atoms with van der Waals surface area (Å²) in [6, 6.07) is 3.21. The Morgan fingerprint density at radius 1 is 1.16 bits per heavy atom. The number of carbonyl (C=O) groups excluding carboxylic acids is 1. The van der Waals surface area contributed by atoms with E-state index in [-0.39, 0.29) is 5.75 Å². The van der Waals surface area contributed by atoms with Crippen molar-refractivity contribution in [3.05, 3.63) is 27.7 Å². The van der Waals surface area contributed by atoms with Crippen molar-refractivity contribution in [3.8, 4) is 5.75 Å². The molecule has 4 nitrogen and oxygen atoms in total. The van der Waals surface area contributed by atoms with Crippen LogP contribution in [0, 0.1) is 5.92 Å². The summed E-state index contributed by atoms with van der Waals surface area (Å²) in [4.78, 5) is 12.4. The second-order valence-corrected chi connectivity index (χ2v) is 6.96. The molecule has 0 unspecified atom stereocenters. The molecule has 2 aliphatic heterocycles. The lowest BCUT2D eigenvalue weighted by molar-refractivity contribution is -0.119. The Hall–Kier alpha value is -0.970. The molecule has 0 bridgehead atoms. The summed E-state index contributed by atoms with van der Waals surface area (Å²) in [7, 11) is 0. The maximum Gasteiger partial charge on any atom is 0.209 e. The van der Waals surface area contributed by atoms with Crippen LogP contribution < -0.4 is 5.32 Å². The van der Waals surface area contributed by atoms with E-state index in [0.29, 0.717) is 16.0 Å². The van der Waals surface area contributed by atoms with E-state index in [4.69, 9.17) is 23.2 Å². The molecule has 0 atom stereocenters. The number of amides is 1. The molecule has 25 heavy (non-hydrogen) atoms. The predicted molar refractivity (Wildman–Crippen MR) is 106 cm³/mol. The van der Waals surface area contributed by atoms with Crippen LogP contribution in [0.15, 0.2) is 12.1 Å². The van der Waals surface area contributed by atoms with Gasteiger partial charge in [0.05, 0.1) is 10.0 Å². The van der Waals surface area contributed by atoms with Crippen LogP contribution in [0.1, 0.15) is 45.1 Å². The highest BCUT2D eigenvalue weighted by atomic mass is 35.5. The highest BCUT2D eigenvalue weighted by molar-refractivity contribution is 6.42. The Morgan fingerprint density at radius 3 is 2.20 bits per heavy atom. The van der Waals surface area contributed by atoms with E-state index in [1.165, 1.54) is 32.0 Å². The standard InChI is InChI=1S/C13H15Cl2NO2.C4H9N.C2H6/c14-11-6-10(13(18)7-12(11)15)5-9-1-3-16(8-17)4-2-9;1-2-4-5-3-1;1-2/h6-9,18H,1-5H2;5H,1-4H2;1-2H3. The van der Waals surface area contributed by atoms with E-state index < -0.39 is 0 Å². The second kappa shape index (κ2) is 12.4. The van der Waals surface area contributed by atoms with Gasteiger partial charge in [-0.2, -0.15) is 0 Å². The number of nitrogens with zero attached hydrogens (tertiary/aromatic N) is 1. The topological polar surface area (TPSA) is 52.6 Å². The quantitative estimate of drug-likeness (QED) is 0.748. The Morgan fingerprint density at radius 2 is 1.72 bits per heavy atom. The van der Waals surface area contributed by atoms with Crippen LogP contribution in [0.25, 0.3) is 0 Å². The van der Waals surface area contributed by atoms with Crippen LogP contribution in [0.3, 0.4) is 0 Å². The van der Waals surface area contributed by atoms with Crippen molar-refractivity contribution >= 4 is 29.6 Å². The van der Waals surface area contributed by atoms with E-state index >= 15 is 0 Å². The SMILES string of the molecule is C1CCNC1.CC.O=CN1CCC(Cc2cc(Cl)c(Cl)cc2O)CC1. The molecule has 0 saturated carbocycles. The zero-order chi connectivity index (χ0) is 18.7. The fourth-order valence-electron chi connectivity index (χ4n) is 2.94. The number of phenolic OH excluding ortho intramolecular Hbond substituents is 1. The Labute approximate surface area is 161 Å². The first-order chi connectivity index (χ1) is 12.1. The van der Waals surface area contributed by atoms with Gasteiger partial charge in [-0.1, -0.05) is 37.0 Å². The van der Waals surface area contributed by atoms with Gasteiger partial charge < -0.3 is 15.3 Å². The first kappa shape index (κ1) is 22.1. The van der Waals surface area contributed by atoms with Gasteiger partial charge in [-0.3, -0.25) is 4.79 Å². The lowest BCUT2D eigenvalue weighted by Crippen LogP contribution is -2.33. The molecule has 0 aromatic heterocycles. The van der Waals surface area contributed by atoms with Gasteiger partial charge in [-0.25, -0.2) is 0 Å². The second-order valence-electron chi connectivity index (χ2n) is 6.14. The minimum Gasteiger partial charge on any atom is -0.508 e. The van der Waals surface area contributed by atoms with Crippen LogP contribution in [0.5, 0.6) is 5.75 Å². The minimum absolute atomic E-state index is 0.196. The van der Waals surface area contributed by atoms with Crippen LogP contribution in [0.4, 0.5) is 0 Å². The van der Waals surface area contributed by atoms with Gasteiger partial charge >= 0.3 is 0 Å². The van der Waals surface area contributed by atoms with Crippen molar-refractivity contribution in [2.75, 3.05) is 26.2 Å². The summed E-state index contributed by atoms with van der Waals surface area (Å²) >= 11 is 11.8. The number of halogens is 2. The first-order valence-corrected chi connectivity index (χ1v) is 9.92. The molecular weight excluding hydrogens is 359 g/mol. The molecule has 0 radical (unpaired) electrons. The van der Waals surface area contributed by atoms with E-state index in [1.807, 2.05) is 13.8 Å². The van der Waals surface area contributed by atoms with E-state index in [0.717, 1.165) is 44.3 Å². The zero-order valence-corrected chi connectivity index (χ0v) is 16.7. The Balaban J connectivity index is 0.000000376. The number of likely N-dealkylation sites (tertiary alicyclic amines) is 1. The van der Waals surface area contributed by atoms with Gasteiger partial charge in [0.25, 0.3) is 0 Å². The van der Waals surface area contributed by atoms with Crippen molar-refractivity contribution in [1.82, 2.24) is 10.2 Å². The van der Waals surface area contributed by atoms with E-state index in [2.05, 4.69) is 5.32 Å². The summed E-state index contributed by atoms with van der Waals surface area (Å²) in [5, 5.41) is 13.9. The average molecular weight is 389 g/mol. The molecule has 2 heterocycles. The number of rotatable bonds is 3. The monoisotopic (exact) mass is 388 g/mol. The summed E-state index contributed by atoms with van der Waals surface area (Å²) < 4.78 is 0. The largest absolute Gasteiger partial charge is 0.508 e. The number of hydrogen-bond acceptors (Lipinski definition) is 3. The normalized spacial score (nSPS) is 17.2. The molecule has 2 N–H and O–H groups in total. The van der Waals surface area contributed by atoms with E-state index in [1.54, 1.807) is 11.0 Å². The van der Waals surface area contributed by atoms with Crippen molar-refractivity contribution in [2.45, 2.75) is 46.0 Å². The van der Waals surface area contributed by atoms with Crippen LogP contribution in [-0.2, 0) is 11.2 Å².